The normalized spacial score (nSPS) is 10.4. The van der Waals surface area contributed by atoms with E-state index >= 15 is 0 Å². The first kappa shape index (κ1) is 21.1. The second-order valence-electron chi connectivity index (χ2n) is 6.68. The molecule has 0 spiro atoms. The number of nitrogens with two attached hydrogens (primary N) is 1. The molecule has 3 aromatic carbocycles. The molecule has 30 heavy (non-hydrogen) atoms. The quantitative estimate of drug-likeness (QED) is 0.585. The molecule has 6 nitrogen and oxygen atoms in total. The molecule has 0 aliphatic carbocycles. The van der Waals surface area contributed by atoms with E-state index in [0.717, 1.165) is 16.7 Å². The number of hydrogen-bond acceptors (Lipinski definition) is 5. The molecule has 0 saturated heterocycles. The van der Waals surface area contributed by atoms with Crippen molar-refractivity contribution in [1.29, 1.82) is 0 Å². The largest absolute Gasteiger partial charge is 0.496 e. The zero-order valence-electron chi connectivity index (χ0n) is 17.0. The summed E-state index contributed by atoms with van der Waals surface area (Å²) in [5.74, 6) is 0.00114. The first-order valence-electron chi connectivity index (χ1n) is 9.49. The highest BCUT2D eigenvalue weighted by Gasteiger charge is 2.15. The van der Waals surface area contributed by atoms with Gasteiger partial charge >= 0.3 is 5.97 Å². The lowest BCUT2D eigenvalue weighted by molar-refractivity contribution is -0.139. The molecule has 0 saturated carbocycles. The average molecular weight is 404 g/mol. The standard InChI is InChI=1S/C24H24N2O4/c1-29-22-11-10-19(13-20(22)17-8-5-6-16(12-17)15-25)24(28)26-21-9-4-3-7-18(21)14-23(27)30-2/h3-13H,14-15,25H2,1-2H3,(H,26,28). The number of rotatable bonds is 7. The van der Waals surface area contributed by atoms with Crippen molar-refractivity contribution in [2.75, 3.05) is 19.5 Å². The molecule has 0 fully saturated rings. The molecule has 0 unspecified atom stereocenters. The van der Waals surface area contributed by atoms with Crippen molar-refractivity contribution >= 4 is 17.6 Å². The maximum Gasteiger partial charge on any atom is 0.310 e. The number of carbonyl (C=O) groups excluding carboxylic acids is 2. The lowest BCUT2D eigenvalue weighted by Crippen LogP contribution is -2.15. The number of methoxy groups -OCH3 is 2. The summed E-state index contributed by atoms with van der Waals surface area (Å²) >= 11 is 0. The zero-order valence-corrected chi connectivity index (χ0v) is 17.0. The van der Waals surface area contributed by atoms with Crippen molar-refractivity contribution in [2.45, 2.75) is 13.0 Å². The molecule has 154 valence electrons. The van der Waals surface area contributed by atoms with Gasteiger partial charge in [0.2, 0.25) is 0 Å². The molecule has 0 aliphatic rings. The van der Waals surface area contributed by atoms with Crippen molar-refractivity contribution in [2.24, 2.45) is 5.73 Å². The van der Waals surface area contributed by atoms with Gasteiger partial charge in [-0.25, -0.2) is 0 Å². The van der Waals surface area contributed by atoms with Crippen molar-refractivity contribution in [3.8, 4) is 16.9 Å². The number of para-hydroxylation sites is 1. The van der Waals surface area contributed by atoms with Crippen molar-refractivity contribution in [1.82, 2.24) is 0 Å². The van der Waals surface area contributed by atoms with Gasteiger partial charge in [-0.15, -0.1) is 0 Å². The maximum absolute atomic E-state index is 12.9. The van der Waals surface area contributed by atoms with Crippen LogP contribution in [0, 0.1) is 0 Å². The zero-order chi connectivity index (χ0) is 21.5. The SMILES string of the molecule is COC(=O)Cc1ccccc1NC(=O)c1ccc(OC)c(-c2cccc(CN)c2)c1. The summed E-state index contributed by atoms with van der Waals surface area (Å²) in [7, 11) is 2.93. The van der Waals surface area contributed by atoms with Crippen LogP contribution >= 0.6 is 0 Å². The van der Waals surface area contributed by atoms with Gasteiger partial charge in [0, 0.05) is 23.4 Å². The highest BCUT2D eigenvalue weighted by atomic mass is 16.5. The summed E-state index contributed by atoms with van der Waals surface area (Å²) in [5.41, 5.74) is 10.2. The minimum atomic E-state index is -0.372. The van der Waals surface area contributed by atoms with Crippen molar-refractivity contribution in [3.63, 3.8) is 0 Å². The molecule has 0 aliphatic heterocycles. The smallest absolute Gasteiger partial charge is 0.310 e. The Kier molecular flexibility index (Phi) is 6.83. The van der Waals surface area contributed by atoms with Crippen LogP contribution in [0.4, 0.5) is 5.69 Å². The number of benzene rings is 3. The van der Waals surface area contributed by atoms with Crippen molar-refractivity contribution in [3.05, 3.63) is 83.4 Å². The fourth-order valence-corrected chi connectivity index (χ4v) is 3.16. The summed E-state index contributed by atoms with van der Waals surface area (Å²) in [4.78, 5) is 24.6. The molecule has 0 atom stereocenters. The van der Waals surface area contributed by atoms with E-state index in [1.54, 1.807) is 43.5 Å². The van der Waals surface area contributed by atoms with Crippen LogP contribution in [0.15, 0.2) is 66.7 Å². The number of esters is 1. The summed E-state index contributed by atoms with van der Waals surface area (Å²) in [5, 5.41) is 2.89. The van der Waals surface area contributed by atoms with Gasteiger partial charge in [0.15, 0.2) is 0 Å². The molecule has 0 heterocycles. The van der Waals surface area contributed by atoms with E-state index < -0.39 is 0 Å². The molecule has 3 aromatic rings. The van der Waals surface area contributed by atoms with E-state index in [1.165, 1.54) is 7.11 Å². The van der Waals surface area contributed by atoms with Crippen LogP contribution in [0.3, 0.4) is 0 Å². The third kappa shape index (κ3) is 4.85. The number of carbonyl (C=O) groups is 2. The minimum Gasteiger partial charge on any atom is -0.496 e. The van der Waals surface area contributed by atoms with Crippen LogP contribution in [0.25, 0.3) is 11.1 Å². The summed E-state index contributed by atoms with van der Waals surface area (Å²) in [6, 6.07) is 20.2. The Balaban J connectivity index is 1.92. The third-order valence-electron chi connectivity index (χ3n) is 4.76. The highest BCUT2D eigenvalue weighted by Crippen LogP contribution is 2.32. The van der Waals surface area contributed by atoms with E-state index in [2.05, 4.69) is 5.32 Å². The Bertz CT molecular complexity index is 1060. The Morgan fingerprint density at radius 2 is 1.77 bits per heavy atom. The average Bonchev–Trinajstić information content (AvgIpc) is 2.79. The fourth-order valence-electron chi connectivity index (χ4n) is 3.16. The molecular formula is C24H24N2O4. The Hall–Kier alpha value is -3.64. The first-order valence-corrected chi connectivity index (χ1v) is 9.49. The lowest BCUT2D eigenvalue weighted by Gasteiger charge is -2.13. The van der Waals surface area contributed by atoms with Gasteiger partial charge in [0.25, 0.3) is 5.91 Å². The number of hydrogen-bond donors (Lipinski definition) is 2. The molecule has 0 aromatic heterocycles. The monoisotopic (exact) mass is 404 g/mol. The number of amides is 1. The second-order valence-corrected chi connectivity index (χ2v) is 6.68. The van der Waals surface area contributed by atoms with Gasteiger partial charge in [0.05, 0.1) is 20.6 Å². The van der Waals surface area contributed by atoms with E-state index in [-0.39, 0.29) is 18.3 Å². The van der Waals surface area contributed by atoms with Gasteiger partial charge in [-0.05, 0) is 47.0 Å². The number of anilines is 1. The lowest BCUT2D eigenvalue weighted by atomic mass is 9.99. The second kappa shape index (κ2) is 9.71. The van der Waals surface area contributed by atoms with Gasteiger partial charge in [0.1, 0.15) is 5.75 Å². The van der Waals surface area contributed by atoms with Gasteiger partial charge < -0.3 is 20.5 Å². The molecule has 3 rings (SSSR count). The van der Waals surface area contributed by atoms with E-state index in [4.69, 9.17) is 15.2 Å². The van der Waals surface area contributed by atoms with Crippen LogP contribution in [-0.2, 0) is 22.5 Å². The third-order valence-corrected chi connectivity index (χ3v) is 4.76. The van der Waals surface area contributed by atoms with Gasteiger partial charge in [-0.1, -0.05) is 36.4 Å². The predicted octanol–water partition coefficient (Wildman–Crippen LogP) is 3.79. The Morgan fingerprint density at radius 3 is 2.50 bits per heavy atom. The van der Waals surface area contributed by atoms with Crippen molar-refractivity contribution < 1.29 is 19.1 Å². The van der Waals surface area contributed by atoms with Crippen LogP contribution in [0.5, 0.6) is 5.75 Å². The summed E-state index contributed by atoms with van der Waals surface area (Å²) in [6.07, 6.45) is 0.0761. The van der Waals surface area contributed by atoms with Crippen LogP contribution in [-0.4, -0.2) is 26.1 Å². The molecule has 1 amide bonds. The van der Waals surface area contributed by atoms with E-state index in [9.17, 15) is 9.59 Å². The first-order chi connectivity index (χ1) is 14.5. The molecule has 6 heteroatoms. The molecular weight excluding hydrogens is 380 g/mol. The number of ether oxygens (including phenoxy) is 2. The summed E-state index contributed by atoms with van der Waals surface area (Å²) in [6.45, 7) is 0.424. The van der Waals surface area contributed by atoms with Crippen LogP contribution in [0.1, 0.15) is 21.5 Å². The Labute approximate surface area is 175 Å². The minimum absolute atomic E-state index is 0.0761. The van der Waals surface area contributed by atoms with Crippen LogP contribution < -0.4 is 15.8 Å². The Morgan fingerprint density at radius 1 is 0.967 bits per heavy atom. The van der Waals surface area contributed by atoms with Gasteiger partial charge in [-0.3, -0.25) is 9.59 Å². The van der Waals surface area contributed by atoms with E-state index in [1.807, 2.05) is 30.3 Å². The molecule has 0 radical (unpaired) electrons. The van der Waals surface area contributed by atoms with Crippen LogP contribution in [0.2, 0.25) is 0 Å². The topological polar surface area (TPSA) is 90.6 Å². The molecule has 3 N–H and O–H groups in total. The fraction of sp³-hybridized carbons (Fsp3) is 0.167. The number of nitrogens with one attached hydrogen (secondary N) is 1. The maximum atomic E-state index is 12.9. The van der Waals surface area contributed by atoms with Gasteiger partial charge in [-0.2, -0.15) is 0 Å². The summed E-state index contributed by atoms with van der Waals surface area (Å²) < 4.78 is 10.2. The highest BCUT2D eigenvalue weighted by molar-refractivity contribution is 6.05. The predicted molar refractivity (Wildman–Crippen MR) is 116 cm³/mol. The van der Waals surface area contributed by atoms with E-state index in [0.29, 0.717) is 29.1 Å². The molecule has 0 bridgehead atoms.